The maximum atomic E-state index is 10.3. The van der Waals surface area contributed by atoms with Crippen LogP contribution in [0.15, 0.2) is 35.9 Å². The molecule has 3 N–H and O–H groups in total. The lowest BCUT2D eigenvalue weighted by Crippen LogP contribution is -1.98. The first-order valence-electron chi connectivity index (χ1n) is 2.63. The Labute approximate surface area is 65.5 Å². The standard InChI is InChI=1S/C6H9NO3S/c1-5(7)3-4-6(2)11(8,9)10/h3-4H,1-2,7H2,(H,8,9,10)/b4-3-. The molecule has 0 saturated carbocycles. The molecule has 0 aromatic rings. The van der Waals surface area contributed by atoms with E-state index >= 15 is 0 Å². The largest absolute Gasteiger partial charge is 0.399 e. The lowest BCUT2D eigenvalue weighted by Gasteiger charge is -1.92. The normalized spacial score (nSPS) is 11.7. The van der Waals surface area contributed by atoms with Crippen molar-refractivity contribution in [2.45, 2.75) is 0 Å². The molecule has 5 heteroatoms. The summed E-state index contributed by atoms with van der Waals surface area (Å²) in [4.78, 5) is -0.413. The van der Waals surface area contributed by atoms with Crippen molar-refractivity contribution in [3.63, 3.8) is 0 Å². The summed E-state index contributed by atoms with van der Waals surface area (Å²) in [6, 6.07) is 0. The van der Waals surface area contributed by atoms with Gasteiger partial charge in [0.05, 0.1) is 4.91 Å². The highest BCUT2D eigenvalue weighted by Crippen LogP contribution is 2.02. The molecule has 11 heavy (non-hydrogen) atoms. The van der Waals surface area contributed by atoms with Gasteiger partial charge in [-0.25, -0.2) is 0 Å². The molecule has 0 bridgehead atoms. The number of hydrogen-bond donors (Lipinski definition) is 2. The van der Waals surface area contributed by atoms with E-state index in [0.29, 0.717) is 0 Å². The third-order valence-corrected chi connectivity index (χ3v) is 1.61. The second-order valence-electron chi connectivity index (χ2n) is 1.85. The molecule has 0 fully saturated rings. The minimum absolute atomic E-state index is 0.190. The summed E-state index contributed by atoms with van der Waals surface area (Å²) < 4.78 is 28.9. The van der Waals surface area contributed by atoms with E-state index in [1.165, 1.54) is 6.08 Å². The Morgan fingerprint density at radius 2 is 1.82 bits per heavy atom. The molecule has 0 aliphatic heterocycles. The maximum Gasteiger partial charge on any atom is 0.293 e. The number of allylic oxidation sites excluding steroid dienone is 2. The summed E-state index contributed by atoms with van der Waals surface area (Å²) in [5, 5.41) is 0. The van der Waals surface area contributed by atoms with Gasteiger partial charge in [0, 0.05) is 5.70 Å². The van der Waals surface area contributed by atoms with Crippen LogP contribution >= 0.6 is 0 Å². The van der Waals surface area contributed by atoms with Gasteiger partial charge in [-0.3, -0.25) is 4.55 Å². The van der Waals surface area contributed by atoms with Crippen molar-refractivity contribution in [2.24, 2.45) is 5.73 Å². The molecule has 0 aromatic carbocycles. The SMILES string of the molecule is C=C(N)/C=C\C(=C)S(=O)(=O)O. The van der Waals surface area contributed by atoms with Crippen molar-refractivity contribution in [3.8, 4) is 0 Å². The molecule has 0 radical (unpaired) electrons. The van der Waals surface area contributed by atoms with Gasteiger partial charge in [-0.05, 0) is 12.2 Å². The number of nitrogens with two attached hydrogens (primary N) is 1. The Hall–Kier alpha value is -1.07. The number of hydrogen-bond acceptors (Lipinski definition) is 3. The van der Waals surface area contributed by atoms with Crippen LogP contribution in [-0.2, 0) is 10.1 Å². The van der Waals surface area contributed by atoms with Gasteiger partial charge in [-0.2, -0.15) is 8.42 Å². The summed E-state index contributed by atoms with van der Waals surface area (Å²) in [5.74, 6) is 0. The van der Waals surface area contributed by atoms with Crippen molar-refractivity contribution in [1.82, 2.24) is 0 Å². The van der Waals surface area contributed by atoms with Crippen LogP contribution in [0.3, 0.4) is 0 Å². The van der Waals surface area contributed by atoms with Crippen LogP contribution in [-0.4, -0.2) is 13.0 Å². The summed E-state index contributed by atoms with van der Waals surface area (Å²) in [7, 11) is -4.18. The van der Waals surface area contributed by atoms with Crippen molar-refractivity contribution in [1.29, 1.82) is 0 Å². The van der Waals surface area contributed by atoms with E-state index < -0.39 is 15.0 Å². The molecule has 0 heterocycles. The van der Waals surface area contributed by atoms with Crippen LogP contribution in [0.5, 0.6) is 0 Å². The zero-order chi connectivity index (χ0) is 9.07. The van der Waals surface area contributed by atoms with E-state index in [2.05, 4.69) is 13.2 Å². The van der Waals surface area contributed by atoms with Gasteiger partial charge < -0.3 is 5.73 Å². The van der Waals surface area contributed by atoms with Crippen LogP contribution in [0.4, 0.5) is 0 Å². The molecule has 0 atom stereocenters. The van der Waals surface area contributed by atoms with Gasteiger partial charge in [0.25, 0.3) is 10.1 Å². The van der Waals surface area contributed by atoms with Crippen LogP contribution in [0.25, 0.3) is 0 Å². The quantitative estimate of drug-likeness (QED) is 0.481. The van der Waals surface area contributed by atoms with E-state index in [1.807, 2.05) is 0 Å². The van der Waals surface area contributed by atoms with Gasteiger partial charge in [-0.15, -0.1) is 0 Å². The predicted octanol–water partition coefficient (Wildman–Crippen LogP) is 0.417. The van der Waals surface area contributed by atoms with Gasteiger partial charge in [-0.1, -0.05) is 13.2 Å². The second kappa shape index (κ2) is 3.36. The molecule has 0 aliphatic rings. The summed E-state index contributed by atoms with van der Waals surface area (Å²) in [6.07, 6.45) is 2.30. The zero-order valence-corrected chi connectivity index (χ0v) is 6.63. The Kier molecular flexibility index (Phi) is 3.03. The minimum Gasteiger partial charge on any atom is -0.399 e. The average molecular weight is 175 g/mol. The fourth-order valence-corrected chi connectivity index (χ4v) is 0.526. The van der Waals surface area contributed by atoms with E-state index in [0.717, 1.165) is 6.08 Å². The highest BCUT2D eigenvalue weighted by molar-refractivity contribution is 7.90. The molecule has 0 aromatic heterocycles. The molecule has 4 nitrogen and oxygen atoms in total. The van der Waals surface area contributed by atoms with Crippen LogP contribution < -0.4 is 5.73 Å². The Bertz CT molecular complexity index is 300. The van der Waals surface area contributed by atoms with Gasteiger partial charge in [0.1, 0.15) is 0 Å². The second-order valence-corrected chi connectivity index (χ2v) is 3.32. The van der Waals surface area contributed by atoms with E-state index in [4.69, 9.17) is 10.3 Å². The molecule has 0 amide bonds. The van der Waals surface area contributed by atoms with E-state index in [1.54, 1.807) is 0 Å². The summed E-state index contributed by atoms with van der Waals surface area (Å²) in [6.45, 7) is 6.36. The molecule has 0 aliphatic carbocycles. The molecule has 0 rings (SSSR count). The van der Waals surface area contributed by atoms with E-state index in [9.17, 15) is 8.42 Å². The van der Waals surface area contributed by atoms with Gasteiger partial charge in [0.15, 0.2) is 0 Å². The lowest BCUT2D eigenvalue weighted by atomic mass is 10.4. The topological polar surface area (TPSA) is 80.4 Å². The van der Waals surface area contributed by atoms with Gasteiger partial charge in [0.2, 0.25) is 0 Å². The molecule has 0 unspecified atom stereocenters. The maximum absolute atomic E-state index is 10.3. The highest BCUT2D eigenvalue weighted by atomic mass is 32.2. The van der Waals surface area contributed by atoms with Crippen LogP contribution in [0.2, 0.25) is 0 Å². The molecular weight excluding hydrogens is 166 g/mol. The predicted molar refractivity (Wildman–Crippen MR) is 43.2 cm³/mol. The van der Waals surface area contributed by atoms with E-state index in [-0.39, 0.29) is 5.70 Å². The molecule has 0 saturated heterocycles. The van der Waals surface area contributed by atoms with Gasteiger partial charge >= 0.3 is 0 Å². The summed E-state index contributed by atoms with van der Waals surface area (Å²) >= 11 is 0. The monoisotopic (exact) mass is 175 g/mol. The zero-order valence-electron chi connectivity index (χ0n) is 5.82. The van der Waals surface area contributed by atoms with Crippen molar-refractivity contribution in [3.05, 3.63) is 35.9 Å². The van der Waals surface area contributed by atoms with Crippen LogP contribution in [0.1, 0.15) is 0 Å². The Morgan fingerprint density at radius 3 is 2.09 bits per heavy atom. The fourth-order valence-electron chi connectivity index (χ4n) is 0.286. The molecular formula is C6H9NO3S. The highest BCUT2D eigenvalue weighted by Gasteiger charge is 2.05. The Balaban J connectivity index is 4.46. The van der Waals surface area contributed by atoms with Crippen molar-refractivity contribution in [2.75, 3.05) is 0 Å². The smallest absolute Gasteiger partial charge is 0.293 e. The van der Waals surface area contributed by atoms with Crippen molar-refractivity contribution < 1.29 is 13.0 Å². The molecule has 62 valence electrons. The summed E-state index contributed by atoms with van der Waals surface area (Å²) in [5.41, 5.74) is 5.27. The third-order valence-electron chi connectivity index (χ3n) is 0.815. The first kappa shape index (κ1) is 9.93. The van der Waals surface area contributed by atoms with Crippen LogP contribution in [0, 0.1) is 0 Å². The Morgan fingerprint density at radius 1 is 1.36 bits per heavy atom. The molecule has 0 spiro atoms. The van der Waals surface area contributed by atoms with Crippen molar-refractivity contribution >= 4 is 10.1 Å². The average Bonchev–Trinajstić information content (AvgIpc) is 1.80. The first-order valence-corrected chi connectivity index (χ1v) is 4.07. The lowest BCUT2D eigenvalue weighted by molar-refractivity contribution is 0.492. The third kappa shape index (κ3) is 4.35. The number of rotatable bonds is 3. The fraction of sp³-hybridized carbons (Fsp3) is 0. The minimum atomic E-state index is -4.18. The first-order chi connectivity index (χ1) is 4.84.